The highest BCUT2D eigenvalue weighted by molar-refractivity contribution is 5.76. The molecule has 1 amide bonds. The maximum atomic E-state index is 13.0. The molecule has 1 aliphatic rings. The zero-order chi connectivity index (χ0) is 46.6. The van der Waals surface area contributed by atoms with E-state index in [1.165, 1.54) is 167 Å². The topological polar surface area (TPSA) is 149 Å². The molecule has 1 aliphatic heterocycles. The minimum atomic E-state index is -1.57. The molecule has 1 fully saturated rings. The van der Waals surface area contributed by atoms with Crippen LogP contribution in [0.5, 0.6) is 0 Å². The number of amides is 1. The highest BCUT2D eigenvalue weighted by Gasteiger charge is 2.44. The summed E-state index contributed by atoms with van der Waals surface area (Å²) in [6, 6.07) is -0.812. The second-order valence-electron chi connectivity index (χ2n) is 19.0. The van der Waals surface area contributed by atoms with Crippen molar-refractivity contribution in [3.63, 3.8) is 0 Å². The van der Waals surface area contributed by atoms with Crippen molar-refractivity contribution in [3.8, 4) is 0 Å². The van der Waals surface area contributed by atoms with E-state index in [9.17, 15) is 30.3 Å². The number of hydrogen-bond acceptors (Lipinski definition) is 8. The van der Waals surface area contributed by atoms with Crippen LogP contribution in [0.3, 0.4) is 0 Å². The Kier molecular flexibility index (Phi) is 42.7. The van der Waals surface area contributed by atoms with Gasteiger partial charge in [0.25, 0.3) is 0 Å². The molecule has 6 N–H and O–H groups in total. The third kappa shape index (κ3) is 34.7. The normalized spacial score (nSPS) is 20.3. The maximum Gasteiger partial charge on any atom is 0.220 e. The van der Waals surface area contributed by atoms with Crippen LogP contribution in [-0.4, -0.2) is 87.5 Å². The molecule has 1 rings (SSSR count). The number of allylic oxidation sites excluding steroid dienone is 5. The van der Waals surface area contributed by atoms with E-state index in [-0.39, 0.29) is 12.5 Å². The van der Waals surface area contributed by atoms with E-state index in [4.69, 9.17) is 9.47 Å². The SMILES string of the molecule is CCCCCC/C=C\C/C=C\CCCCCCCC(=O)NC(COC1OC(CO)C(O)C(O)C1O)C(O)/C=C/CCCCCCCCCCCCCCCCCCCCCCCCC. The third-order valence-electron chi connectivity index (χ3n) is 13.0. The van der Waals surface area contributed by atoms with Gasteiger partial charge in [-0.25, -0.2) is 0 Å². The second kappa shape index (κ2) is 45.2. The summed E-state index contributed by atoms with van der Waals surface area (Å²) in [5.74, 6) is -0.189. The maximum absolute atomic E-state index is 13.0. The minimum absolute atomic E-state index is 0.189. The molecule has 1 saturated heterocycles. The standard InChI is InChI=1S/C55H103NO8/c1-3-5-7-9-11-13-15-17-19-21-22-23-24-25-26-27-28-29-30-32-34-36-38-40-42-44-49(58)48(47-63-55-54(62)53(61)52(60)50(46-57)64-55)56-51(59)45-43-41-39-37-35-33-31-20-18-16-14-12-10-8-6-4-2/h14,16,20,31,42,44,48-50,52-55,57-58,60-62H,3-13,15,17-19,21-30,32-41,43,45-47H2,1-2H3,(H,56,59)/b16-14-,31-20-,44-42+. The Bertz CT molecular complexity index is 1100. The summed E-state index contributed by atoms with van der Waals surface area (Å²) in [6.07, 6.45) is 50.6. The Morgan fingerprint density at radius 3 is 1.36 bits per heavy atom. The molecular formula is C55H103NO8. The van der Waals surface area contributed by atoms with Gasteiger partial charge in [0.05, 0.1) is 25.4 Å². The predicted octanol–water partition coefficient (Wildman–Crippen LogP) is 12.8. The predicted molar refractivity (Wildman–Crippen MR) is 267 cm³/mol. The first-order valence-electron chi connectivity index (χ1n) is 27.2. The molecule has 0 spiro atoms. The van der Waals surface area contributed by atoms with Crippen LogP contribution in [0.1, 0.15) is 251 Å². The Hall–Kier alpha value is -1.59. The summed E-state index contributed by atoms with van der Waals surface area (Å²) in [5.41, 5.74) is 0. The van der Waals surface area contributed by atoms with Crippen LogP contribution < -0.4 is 5.32 Å². The molecule has 7 atom stereocenters. The molecular weight excluding hydrogens is 803 g/mol. The van der Waals surface area contributed by atoms with Gasteiger partial charge in [0.1, 0.15) is 24.4 Å². The van der Waals surface area contributed by atoms with E-state index in [2.05, 4.69) is 43.5 Å². The molecule has 0 bridgehead atoms. The molecule has 0 aromatic carbocycles. The largest absolute Gasteiger partial charge is 0.394 e. The summed E-state index contributed by atoms with van der Waals surface area (Å²) in [6.45, 7) is 3.77. The number of carbonyl (C=O) groups is 1. The third-order valence-corrected chi connectivity index (χ3v) is 13.0. The van der Waals surface area contributed by atoms with Gasteiger partial charge in [-0.2, -0.15) is 0 Å². The van der Waals surface area contributed by atoms with Crippen molar-refractivity contribution in [1.29, 1.82) is 0 Å². The molecule has 376 valence electrons. The number of aliphatic hydroxyl groups is 5. The van der Waals surface area contributed by atoms with Gasteiger partial charge in [-0.3, -0.25) is 4.79 Å². The average molecular weight is 906 g/mol. The average Bonchev–Trinajstić information content (AvgIpc) is 3.29. The van der Waals surface area contributed by atoms with Crippen molar-refractivity contribution >= 4 is 5.91 Å². The first kappa shape index (κ1) is 60.4. The molecule has 9 heteroatoms. The van der Waals surface area contributed by atoms with Crippen LogP contribution in [0.25, 0.3) is 0 Å². The van der Waals surface area contributed by atoms with Crippen molar-refractivity contribution in [2.45, 2.75) is 294 Å². The minimum Gasteiger partial charge on any atom is -0.394 e. The Balaban J connectivity index is 2.25. The van der Waals surface area contributed by atoms with Crippen LogP contribution in [0, 0.1) is 0 Å². The van der Waals surface area contributed by atoms with E-state index in [1.54, 1.807) is 6.08 Å². The highest BCUT2D eigenvalue weighted by Crippen LogP contribution is 2.23. The molecule has 7 unspecified atom stereocenters. The fourth-order valence-electron chi connectivity index (χ4n) is 8.60. The lowest BCUT2D eigenvalue weighted by Gasteiger charge is -2.40. The lowest BCUT2D eigenvalue weighted by Crippen LogP contribution is -2.60. The molecule has 9 nitrogen and oxygen atoms in total. The van der Waals surface area contributed by atoms with Crippen molar-refractivity contribution in [1.82, 2.24) is 5.32 Å². The van der Waals surface area contributed by atoms with Gasteiger partial charge in [0, 0.05) is 6.42 Å². The Morgan fingerprint density at radius 1 is 0.531 bits per heavy atom. The first-order chi connectivity index (χ1) is 31.3. The Labute approximate surface area is 393 Å². The van der Waals surface area contributed by atoms with Crippen LogP contribution in [0.2, 0.25) is 0 Å². The van der Waals surface area contributed by atoms with Crippen LogP contribution >= 0.6 is 0 Å². The highest BCUT2D eigenvalue weighted by atomic mass is 16.7. The van der Waals surface area contributed by atoms with Crippen molar-refractivity contribution in [2.24, 2.45) is 0 Å². The molecule has 0 aromatic heterocycles. The number of ether oxygens (including phenoxy) is 2. The molecule has 64 heavy (non-hydrogen) atoms. The van der Waals surface area contributed by atoms with Crippen LogP contribution in [0.4, 0.5) is 0 Å². The summed E-state index contributed by atoms with van der Waals surface area (Å²) in [7, 11) is 0. The van der Waals surface area contributed by atoms with Gasteiger partial charge in [-0.1, -0.05) is 230 Å². The number of rotatable bonds is 46. The van der Waals surface area contributed by atoms with E-state index in [0.717, 1.165) is 64.2 Å². The van der Waals surface area contributed by atoms with E-state index >= 15 is 0 Å². The fraction of sp³-hybridized carbons (Fsp3) is 0.873. The van der Waals surface area contributed by atoms with Crippen LogP contribution in [0.15, 0.2) is 36.5 Å². The summed E-state index contributed by atoms with van der Waals surface area (Å²) in [4.78, 5) is 13.0. The molecule has 1 heterocycles. The van der Waals surface area contributed by atoms with Gasteiger partial charge < -0.3 is 40.3 Å². The van der Waals surface area contributed by atoms with Gasteiger partial charge in [0.15, 0.2) is 6.29 Å². The lowest BCUT2D eigenvalue weighted by molar-refractivity contribution is -0.302. The Morgan fingerprint density at radius 2 is 0.922 bits per heavy atom. The lowest BCUT2D eigenvalue weighted by atomic mass is 9.99. The van der Waals surface area contributed by atoms with Gasteiger partial charge in [-0.05, 0) is 51.4 Å². The van der Waals surface area contributed by atoms with Gasteiger partial charge in [-0.15, -0.1) is 0 Å². The summed E-state index contributed by atoms with van der Waals surface area (Å²) in [5, 5.41) is 54.4. The number of carbonyl (C=O) groups excluding carboxylic acids is 1. The first-order valence-corrected chi connectivity index (χ1v) is 27.2. The van der Waals surface area contributed by atoms with Gasteiger partial charge in [0.2, 0.25) is 5.91 Å². The zero-order valence-corrected chi connectivity index (χ0v) is 41.5. The number of unbranched alkanes of at least 4 members (excludes halogenated alkanes) is 32. The number of aliphatic hydroxyl groups excluding tert-OH is 5. The van der Waals surface area contributed by atoms with E-state index in [0.29, 0.717) is 6.42 Å². The summed E-state index contributed by atoms with van der Waals surface area (Å²) >= 11 is 0. The monoisotopic (exact) mass is 906 g/mol. The van der Waals surface area contributed by atoms with E-state index < -0.39 is 49.5 Å². The van der Waals surface area contributed by atoms with Gasteiger partial charge >= 0.3 is 0 Å². The second-order valence-corrected chi connectivity index (χ2v) is 19.0. The smallest absolute Gasteiger partial charge is 0.220 e. The molecule has 0 radical (unpaired) electrons. The molecule has 0 aliphatic carbocycles. The van der Waals surface area contributed by atoms with E-state index in [1.807, 2.05) is 6.08 Å². The fourth-order valence-corrected chi connectivity index (χ4v) is 8.60. The summed E-state index contributed by atoms with van der Waals surface area (Å²) < 4.78 is 11.2. The quantitative estimate of drug-likeness (QED) is 0.0261. The number of nitrogens with one attached hydrogen (secondary N) is 1. The molecule has 0 saturated carbocycles. The van der Waals surface area contributed by atoms with Crippen molar-refractivity contribution < 1.29 is 39.8 Å². The number of hydrogen-bond donors (Lipinski definition) is 6. The molecule has 0 aromatic rings. The van der Waals surface area contributed by atoms with Crippen molar-refractivity contribution in [3.05, 3.63) is 36.5 Å². The van der Waals surface area contributed by atoms with Crippen LogP contribution in [-0.2, 0) is 14.3 Å². The zero-order valence-electron chi connectivity index (χ0n) is 41.5. The van der Waals surface area contributed by atoms with Crippen molar-refractivity contribution in [2.75, 3.05) is 13.2 Å².